The summed E-state index contributed by atoms with van der Waals surface area (Å²) in [6.45, 7) is 1.12. The van der Waals surface area contributed by atoms with Gasteiger partial charge in [-0.15, -0.1) is 0 Å². The molecular formula is C10H12N2O2. The van der Waals surface area contributed by atoms with Crippen molar-refractivity contribution in [3.8, 4) is 0 Å². The van der Waals surface area contributed by atoms with Crippen molar-refractivity contribution in [3.63, 3.8) is 0 Å². The summed E-state index contributed by atoms with van der Waals surface area (Å²) in [7, 11) is 0. The second kappa shape index (κ2) is 3.65. The lowest BCUT2D eigenvalue weighted by atomic mass is 10.1. The maximum Gasteiger partial charge on any atom is 0.255 e. The Morgan fingerprint density at radius 3 is 2.64 bits per heavy atom. The van der Waals surface area contributed by atoms with E-state index in [2.05, 4.69) is 4.98 Å². The average Bonchev–Trinajstić information content (AvgIpc) is 2.71. The number of aromatic nitrogens is 1. The molecule has 1 aromatic heterocycles. The number of hydrogen-bond donors (Lipinski definition) is 1. The van der Waals surface area contributed by atoms with Crippen LogP contribution in [0.1, 0.15) is 23.2 Å². The predicted octanol–water partition coefficient (Wildman–Crippen LogP) is 0.820. The van der Waals surface area contributed by atoms with Crippen molar-refractivity contribution in [3.05, 3.63) is 24.0 Å². The Morgan fingerprint density at radius 2 is 2.07 bits per heavy atom. The van der Waals surface area contributed by atoms with Crippen LogP contribution in [-0.4, -0.2) is 34.7 Å². The number of nitrogens with zero attached hydrogens (tertiary/aromatic N) is 1. The lowest BCUT2D eigenvalue weighted by Gasteiger charge is -2.25. The number of Topliss-reactive ketones (excluding diaryl/α,β-unsaturated/α-hetero) is 1. The molecule has 2 heterocycles. The molecule has 14 heavy (non-hydrogen) atoms. The zero-order chi connectivity index (χ0) is 9.97. The Hall–Kier alpha value is -1.58. The van der Waals surface area contributed by atoms with Crippen LogP contribution in [0.3, 0.4) is 0 Å². The van der Waals surface area contributed by atoms with E-state index in [0.29, 0.717) is 31.5 Å². The average molecular weight is 192 g/mol. The molecule has 74 valence electrons. The molecule has 2 rings (SSSR count). The van der Waals surface area contributed by atoms with E-state index in [1.54, 1.807) is 23.4 Å². The van der Waals surface area contributed by atoms with Gasteiger partial charge in [0.2, 0.25) is 0 Å². The Bertz CT molecular complexity index is 333. The molecule has 0 radical (unpaired) electrons. The number of piperidine rings is 1. The SMILES string of the molecule is O=C1CCN(C(=O)c2cc[nH]c2)CC1. The van der Waals surface area contributed by atoms with Crippen LogP contribution in [0, 0.1) is 0 Å². The first-order valence-electron chi connectivity index (χ1n) is 4.71. The lowest BCUT2D eigenvalue weighted by molar-refractivity contribution is -0.120. The van der Waals surface area contributed by atoms with Crippen LogP contribution in [0.15, 0.2) is 18.5 Å². The van der Waals surface area contributed by atoms with Crippen molar-refractivity contribution < 1.29 is 9.59 Å². The van der Waals surface area contributed by atoms with Crippen LogP contribution < -0.4 is 0 Å². The van der Waals surface area contributed by atoms with Crippen molar-refractivity contribution in [2.45, 2.75) is 12.8 Å². The fourth-order valence-electron chi connectivity index (χ4n) is 1.60. The first-order chi connectivity index (χ1) is 6.77. The summed E-state index contributed by atoms with van der Waals surface area (Å²) in [5.74, 6) is 0.266. The number of rotatable bonds is 1. The number of carbonyl (C=O) groups is 2. The molecule has 1 amide bonds. The maximum absolute atomic E-state index is 11.8. The van der Waals surface area contributed by atoms with Crippen LogP contribution in [-0.2, 0) is 4.79 Å². The molecular weight excluding hydrogens is 180 g/mol. The molecule has 0 atom stereocenters. The van der Waals surface area contributed by atoms with E-state index >= 15 is 0 Å². The predicted molar refractivity (Wildman–Crippen MR) is 50.9 cm³/mol. The third kappa shape index (κ3) is 1.69. The molecule has 0 spiro atoms. The van der Waals surface area contributed by atoms with E-state index in [4.69, 9.17) is 0 Å². The van der Waals surface area contributed by atoms with Gasteiger partial charge < -0.3 is 9.88 Å². The quantitative estimate of drug-likeness (QED) is 0.716. The van der Waals surface area contributed by atoms with E-state index in [1.165, 1.54) is 0 Å². The molecule has 1 aliphatic rings. The molecule has 1 aliphatic heterocycles. The van der Waals surface area contributed by atoms with Crippen LogP contribution in [0.2, 0.25) is 0 Å². The first-order valence-corrected chi connectivity index (χ1v) is 4.71. The number of ketones is 1. The summed E-state index contributed by atoms with van der Waals surface area (Å²) < 4.78 is 0. The summed E-state index contributed by atoms with van der Waals surface area (Å²) in [4.78, 5) is 27.3. The molecule has 0 aliphatic carbocycles. The van der Waals surface area contributed by atoms with Crippen molar-refractivity contribution in [2.75, 3.05) is 13.1 Å². The summed E-state index contributed by atoms with van der Waals surface area (Å²) in [5.41, 5.74) is 0.666. The maximum atomic E-state index is 11.8. The minimum atomic E-state index is 0.0127. The molecule has 1 fully saturated rings. The van der Waals surface area contributed by atoms with Gasteiger partial charge in [0.25, 0.3) is 5.91 Å². The van der Waals surface area contributed by atoms with Gasteiger partial charge in [-0.25, -0.2) is 0 Å². The third-order valence-corrected chi connectivity index (χ3v) is 2.45. The van der Waals surface area contributed by atoms with Crippen molar-refractivity contribution in [1.82, 2.24) is 9.88 Å². The van der Waals surface area contributed by atoms with E-state index < -0.39 is 0 Å². The monoisotopic (exact) mass is 192 g/mol. The Morgan fingerprint density at radius 1 is 1.36 bits per heavy atom. The van der Waals surface area contributed by atoms with Crippen LogP contribution in [0.4, 0.5) is 0 Å². The highest BCUT2D eigenvalue weighted by molar-refractivity contribution is 5.95. The third-order valence-electron chi connectivity index (χ3n) is 2.45. The van der Waals surface area contributed by atoms with Crippen LogP contribution in [0.25, 0.3) is 0 Å². The van der Waals surface area contributed by atoms with Crippen molar-refractivity contribution >= 4 is 11.7 Å². The number of likely N-dealkylation sites (tertiary alicyclic amines) is 1. The molecule has 1 aromatic rings. The van der Waals surface area contributed by atoms with Gasteiger partial charge >= 0.3 is 0 Å². The second-order valence-corrected chi connectivity index (χ2v) is 3.43. The summed E-state index contributed by atoms with van der Waals surface area (Å²) in [5, 5.41) is 0. The molecule has 0 bridgehead atoms. The van der Waals surface area contributed by atoms with E-state index in [1.807, 2.05) is 0 Å². The minimum absolute atomic E-state index is 0.0127. The molecule has 1 N–H and O–H groups in total. The minimum Gasteiger partial charge on any atom is -0.367 e. The summed E-state index contributed by atoms with van der Waals surface area (Å²) in [6, 6.07) is 1.75. The standard InChI is InChI=1S/C10H12N2O2/c13-9-2-5-12(6-3-9)10(14)8-1-4-11-7-8/h1,4,7,11H,2-3,5-6H2. The van der Waals surface area contributed by atoms with E-state index in [9.17, 15) is 9.59 Å². The van der Waals surface area contributed by atoms with Gasteiger partial charge in [0.15, 0.2) is 0 Å². The van der Waals surface area contributed by atoms with E-state index in [-0.39, 0.29) is 11.7 Å². The summed E-state index contributed by atoms with van der Waals surface area (Å²) in [6.07, 6.45) is 4.40. The van der Waals surface area contributed by atoms with Gasteiger partial charge in [-0.2, -0.15) is 0 Å². The van der Waals surface area contributed by atoms with Crippen LogP contribution in [0.5, 0.6) is 0 Å². The molecule has 4 nitrogen and oxygen atoms in total. The topological polar surface area (TPSA) is 53.2 Å². The molecule has 4 heteroatoms. The fraction of sp³-hybridized carbons (Fsp3) is 0.400. The number of amides is 1. The lowest BCUT2D eigenvalue weighted by Crippen LogP contribution is -2.38. The Labute approximate surface area is 81.9 Å². The normalized spacial score (nSPS) is 17.1. The first kappa shape index (κ1) is 8.99. The smallest absolute Gasteiger partial charge is 0.255 e. The molecule has 0 saturated carbocycles. The molecule has 1 saturated heterocycles. The molecule has 0 aromatic carbocycles. The van der Waals surface area contributed by atoms with Crippen molar-refractivity contribution in [2.24, 2.45) is 0 Å². The van der Waals surface area contributed by atoms with Gasteiger partial charge in [0.1, 0.15) is 5.78 Å². The number of H-pyrrole nitrogens is 1. The fourth-order valence-corrected chi connectivity index (χ4v) is 1.60. The highest BCUT2D eigenvalue weighted by Gasteiger charge is 2.21. The van der Waals surface area contributed by atoms with Gasteiger partial charge in [0, 0.05) is 38.3 Å². The number of aromatic amines is 1. The number of nitrogens with one attached hydrogen (secondary N) is 1. The zero-order valence-electron chi connectivity index (χ0n) is 7.82. The van der Waals surface area contributed by atoms with Gasteiger partial charge in [-0.1, -0.05) is 0 Å². The highest BCUT2D eigenvalue weighted by Crippen LogP contribution is 2.10. The van der Waals surface area contributed by atoms with Gasteiger partial charge in [-0.05, 0) is 6.07 Å². The van der Waals surface area contributed by atoms with Crippen molar-refractivity contribution in [1.29, 1.82) is 0 Å². The Kier molecular flexibility index (Phi) is 2.35. The van der Waals surface area contributed by atoms with Gasteiger partial charge in [-0.3, -0.25) is 9.59 Å². The Balaban J connectivity index is 2.03. The second-order valence-electron chi connectivity index (χ2n) is 3.43. The van der Waals surface area contributed by atoms with Gasteiger partial charge in [0.05, 0.1) is 5.56 Å². The summed E-state index contributed by atoms with van der Waals surface area (Å²) >= 11 is 0. The number of carbonyl (C=O) groups excluding carboxylic acids is 2. The number of hydrogen-bond acceptors (Lipinski definition) is 2. The van der Waals surface area contributed by atoms with E-state index in [0.717, 1.165) is 0 Å². The largest absolute Gasteiger partial charge is 0.367 e. The highest BCUT2D eigenvalue weighted by atomic mass is 16.2. The van der Waals surface area contributed by atoms with Crippen LogP contribution >= 0.6 is 0 Å². The zero-order valence-corrected chi connectivity index (χ0v) is 7.82. The molecule has 0 unspecified atom stereocenters.